The zero-order chi connectivity index (χ0) is 9.47. The third kappa shape index (κ3) is 1.40. The van der Waals surface area contributed by atoms with Crippen molar-refractivity contribution < 1.29 is 0 Å². The van der Waals surface area contributed by atoms with E-state index in [0.29, 0.717) is 5.41 Å². The molecule has 2 heterocycles. The zero-order valence-electron chi connectivity index (χ0n) is 9.21. The molecule has 0 aliphatic carbocycles. The van der Waals surface area contributed by atoms with Gasteiger partial charge in [-0.05, 0) is 25.9 Å². The van der Waals surface area contributed by atoms with Crippen LogP contribution in [0.15, 0.2) is 0 Å². The van der Waals surface area contributed by atoms with Gasteiger partial charge in [0.2, 0.25) is 0 Å². The molecular formula is C11H22N2. The van der Waals surface area contributed by atoms with Crippen molar-refractivity contribution in [2.75, 3.05) is 39.8 Å². The van der Waals surface area contributed by atoms with Crippen LogP contribution < -0.4 is 0 Å². The molecule has 0 aromatic carbocycles. The van der Waals surface area contributed by atoms with Crippen LogP contribution in [0.2, 0.25) is 0 Å². The topological polar surface area (TPSA) is 6.48 Å². The van der Waals surface area contributed by atoms with Crippen LogP contribution in [0.1, 0.15) is 20.3 Å². The summed E-state index contributed by atoms with van der Waals surface area (Å²) in [4.78, 5) is 5.14. The van der Waals surface area contributed by atoms with Gasteiger partial charge < -0.3 is 9.80 Å². The number of rotatable bonds is 2. The van der Waals surface area contributed by atoms with Crippen LogP contribution in [-0.4, -0.2) is 49.6 Å². The van der Waals surface area contributed by atoms with E-state index in [4.69, 9.17) is 0 Å². The van der Waals surface area contributed by atoms with Crippen LogP contribution >= 0.6 is 0 Å². The Morgan fingerprint density at radius 2 is 2.00 bits per heavy atom. The minimum Gasteiger partial charge on any atom is -0.305 e. The Morgan fingerprint density at radius 3 is 2.54 bits per heavy atom. The Morgan fingerprint density at radius 1 is 1.23 bits per heavy atom. The molecule has 0 aromatic heterocycles. The van der Waals surface area contributed by atoms with Crippen LogP contribution in [0.3, 0.4) is 0 Å². The highest BCUT2D eigenvalue weighted by atomic mass is 15.2. The molecule has 2 aliphatic heterocycles. The molecule has 0 N–H and O–H groups in total. The Hall–Kier alpha value is -0.0800. The van der Waals surface area contributed by atoms with Crippen molar-refractivity contribution in [3.63, 3.8) is 0 Å². The van der Waals surface area contributed by atoms with Crippen LogP contribution in [0.4, 0.5) is 0 Å². The van der Waals surface area contributed by atoms with Crippen molar-refractivity contribution in [3.8, 4) is 0 Å². The van der Waals surface area contributed by atoms with Crippen molar-refractivity contribution in [1.29, 1.82) is 0 Å². The van der Waals surface area contributed by atoms with E-state index in [1.807, 2.05) is 0 Å². The first-order chi connectivity index (χ1) is 6.20. The first-order valence-corrected chi connectivity index (χ1v) is 5.61. The largest absolute Gasteiger partial charge is 0.305 e. The fourth-order valence-corrected chi connectivity index (χ4v) is 3.31. The highest BCUT2D eigenvalue weighted by molar-refractivity contribution is 5.02. The normalized spacial score (nSPS) is 41.3. The molecule has 0 saturated carbocycles. The number of hydrogen-bond donors (Lipinski definition) is 0. The van der Waals surface area contributed by atoms with E-state index in [2.05, 4.69) is 30.7 Å². The lowest BCUT2D eigenvalue weighted by atomic mass is 9.79. The molecule has 2 aliphatic rings. The molecule has 76 valence electrons. The van der Waals surface area contributed by atoms with Crippen LogP contribution in [0.25, 0.3) is 0 Å². The summed E-state index contributed by atoms with van der Waals surface area (Å²) in [6.07, 6.45) is 1.36. The molecule has 2 nitrogen and oxygen atoms in total. The lowest BCUT2D eigenvalue weighted by molar-refractivity contribution is 0.226. The predicted octanol–water partition coefficient (Wildman–Crippen LogP) is 1.28. The summed E-state index contributed by atoms with van der Waals surface area (Å²) in [6, 6.07) is 0. The molecule has 0 amide bonds. The van der Waals surface area contributed by atoms with Gasteiger partial charge in [-0.1, -0.05) is 13.8 Å². The predicted molar refractivity (Wildman–Crippen MR) is 55.8 cm³/mol. The average Bonchev–Trinajstić information content (AvgIpc) is 2.57. The Balaban J connectivity index is 2.10. The Kier molecular flexibility index (Phi) is 2.37. The van der Waals surface area contributed by atoms with Gasteiger partial charge in [0.05, 0.1) is 0 Å². The third-order valence-corrected chi connectivity index (χ3v) is 4.15. The van der Waals surface area contributed by atoms with Crippen molar-refractivity contribution in [3.05, 3.63) is 0 Å². The van der Waals surface area contributed by atoms with Gasteiger partial charge in [0.25, 0.3) is 0 Å². The van der Waals surface area contributed by atoms with E-state index in [-0.39, 0.29) is 0 Å². The lowest BCUT2D eigenvalue weighted by Gasteiger charge is -2.27. The van der Waals surface area contributed by atoms with E-state index < -0.39 is 0 Å². The maximum absolute atomic E-state index is 2.63. The maximum Gasteiger partial charge on any atom is 0.00538 e. The highest BCUT2D eigenvalue weighted by Gasteiger charge is 2.49. The van der Waals surface area contributed by atoms with Crippen LogP contribution in [0, 0.1) is 11.3 Å². The number of nitrogens with zero attached hydrogens (tertiary/aromatic N) is 2. The van der Waals surface area contributed by atoms with Crippen molar-refractivity contribution in [2.24, 2.45) is 11.3 Å². The minimum atomic E-state index is 0.644. The van der Waals surface area contributed by atoms with Crippen LogP contribution in [-0.2, 0) is 0 Å². The van der Waals surface area contributed by atoms with Crippen molar-refractivity contribution >= 4 is 0 Å². The second-order valence-electron chi connectivity index (χ2n) is 4.94. The lowest BCUT2D eigenvalue weighted by Crippen LogP contribution is -2.32. The summed E-state index contributed by atoms with van der Waals surface area (Å²) in [5.74, 6) is 0.947. The fraction of sp³-hybridized carbons (Fsp3) is 1.00. The third-order valence-electron chi connectivity index (χ3n) is 4.15. The molecule has 0 bridgehead atoms. The summed E-state index contributed by atoms with van der Waals surface area (Å²) in [5, 5.41) is 0. The summed E-state index contributed by atoms with van der Waals surface area (Å²) in [6.45, 7) is 11.2. The summed E-state index contributed by atoms with van der Waals surface area (Å²) >= 11 is 0. The molecule has 0 unspecified atom stereocenters. The zero-order valence-corrected chi connectivity index (χ0v) is 9.21. The summed E-state index contributed by atoms with van der Waals surface area (Å²) in [7, 11) is 2.27. The van der Waals surface area contributed by atoms with Gasteiger partial charge in [-0.2, -0.15) is 0 Å². The molecule has 0 aromatic rings. The monoisotopic (exact) mass is 182 g/mol. The standard InChI is InChI=1S/C11H22N2/c1-4-11-8-12(3)6-10(11)7-13(5-2)9-11/h10H,4-9H2,1-3H3/t10-,11+/m0/s1. The molecule has 0 spiro atoms. The van der Waals surface area contributed by atoms with Gasteiger partial charge in [-0.3, -0.25) is 0 Å². The number of fused-ring (bicyclic) bond motifs is 1. The minimum absolute atomic E-state index is 0.644. The highest BCUT2D eigenvalue weighted by Crippen LogP contribution is 2.44. The molecule has 2 rings (SSSR count). The maximum atomic E-state index is 2.63. The molecule has 2 heteroatoms. The van der Waals surface area contributed by atoms with E-state index in [1.54, 1.807) is 0 Å². The van der Waals surface area contributed by atoms with Crippen molar-refractivity contribution in [1.82, 2.24) is 9.80 Å². The van der Waals surface area contributed by atoms with E-state index in [9.17, 15) is 0 Å². The SMILES string of the molecule is CCN1C[C@@H]2CN(C)C[C@]2(CC)C1. The smallest absolute Gasteiger partial charge is 0.00538 e. The van der Waals surface area contributed by atoms with Gasteiger partial charge in [-0.25, -0.2) is 0 Å². The molecule has 0 radical (unpaired) electrons. The number of hydrogen-bond acceptors (Lipinski definition) is 2. The van der Waals surface area contributed by atoms with Crippen molar-refractivity contribution in [2.45, 2.75) is 20.3 Å². The van der Waals surface area contributed by atoms with E-state index in [1.165, 1.54) is 39.1 Å². The second kappa shape index (κ2) is 3.25. The Bertz CT molecular complexity index is 193. The van der Waals surface area contributed by atoms with E-state index >= 15 is 0 Å². The van der Waals surface area contributed by atoms with Gasteiger partial charge >= 0.3 is 0 Å². The molecule has 2 fully saturated rings. The number of likely N-dealkylation sites (tertiary alicyclic amines) is 2. The molecule has 2 saturated heterocycles. The van der Waals surface area contributed by atoms with Gasteiger partial charge in [0.1, 0.15) is 0 Å². The second-order valence-corrected chi connectivity index (χ2v) is 4.94. The van der Waals surface area contributed by atoms with E-state index in [0.717, 1.165) is 5.92 Å². The van der Waals surface area contributed by atoms with Gasteiger partial charge in [0.15, 0.2) is 0 Å². The fourth-order valence-electron chi connectivity index (χ4n) is 3.31. The Labute approximate surface area is 81.9 Å². The summed E-state index contributed by atoms with van der Waals surface area (Å²) in [5.41, 5.74) is 0.644. The molecule has 2 atom stereocenters. The molecular weight excluding hydrogens is 160 g/mol. The van der Waals surface area contributed by atoms with Crippen LogP contribution in [0.5, 0.6) is 0 Å². The average molecular weight is 182 g/mol. The van der Waals surface area contributed by atoms with Gasteiger partial charge in [0, 0.05) is 31.6 Å². The summed E-state index contributed by atoms with van der Waals surface area (Å²) < 4.78 is 0. The first-order valence-electron chi connectivity index (χ1n) is 5.61. The van der Waals surface area contributed by atoms with Gasteiger partial charge in [-0.15, -0.1) is 0 Å². The first kappa shape index (κ1) is 9.47. The molecule has 13 heavy (non-hydrogen) atoms. The quantitative estimate of drug-likeness (QED) is 0.635.